The van der Waals surface area contributed by atoms with Gasteiger partial charge in [0.1, 0.15) is 12.4 Å². The van der Waals surface area contributed by atoms with Crippen molar-refractivity contribution in [3.63, 3.8) is 0 Å². The average Bonchev–Trinajstić information content (AvgIpc) is 2.66. The molecule has 0 unspecified atom stereocenters. The number of benzene rings is 2. The van der Waals surface area contributed by atoms with Crippen LogP contribution in [0, 0.1) is 13.8 Å². The summed E-state index contributed by atoms with van der Waals surface area (Å²) in [5, 5.41) is 0. The monoisotopic (exact) mass is 356 g/mol. The summed E-state index contributed by atoms with van der Waals surface area (Å²) in [5.41, 5.74) is 6.67. The molecule has 136 valence electrons. The van der Waals surface area contributed by atoms with Crippen LogP contribution in [0.25, 0.3) is 0 Å². The predicted octanol–water partition coefficient (Wildman–Crippen LogP) is 1.67. The van der Waals surface area contributed by atoms with Crippen molar-refractivity contribution in [2.24, 2.45) is 0 Å². The molecule has 1 atom stereocenters. The van der Waals surface area contributed by atoms with Crippen molar-refractivity contribution in [2.75, 3.05) is 13.2 Å². The zero-order valence-corrected chi connectivity index (χ0v) is 14.6. The molecule has 0 radical (unpaired) electrons. The molecule has 0 fully saturated rings. The number of rotatable bonds is 4. The van der Waals surface area contributed by atoms with Gasteiger partial charge in [0.2, 0.25) is 6.10 Å². The van der Waals surface area contributed by atoms with Crippen LogP contribution in [0.2, 0.25) is 0 Å². The van der Waals surface area contributed by atoms with Gasteiger partial charge >= 0.3 is 0 Å². The Labute approximate surface area is 151 Å². The van der Waals surface area contributed by atoms with Gasteiger partial charge in [0, 0.05) is 0 Å². The third kappa shape index (κ3) is 4.05. The van der Waals surface area contributed by atoms with Crippen molar-refractivity contribution >= 4 is 11.8 Å². The summed E-state index contributed by atoms with van der Waals surface area (Å²) in [6.07, 6.45) is -0.842. The first-order valence-electron chi connectivity index (χ1n) is 8.21. The molecule has 0 spiro atoms. The summed E-state index contributed by atoms with van der Waals surface area (Å²) in [5.74, 6) is 0.731. The van der Waals surface area contributed by atoms with Gasteiger partial charge < -0.3 is 14.2 Å². The van der Waals surface area contributed by atoms with Crippen molar-refractivity contribution in [3.8, 4) is 17.2 Å². The first kappa shape index (κ1) is 17.6. The van der Waals surface area contributed by atoms with E-state index in [9.17, 15) is 9.59 Å². The van der Waals surface area contributed by atoms with Gasteiger partial charge in [-0.2, -0.15) is 0 Å². The molecule has 0 aliphatic carbocycles. The molecule has 0 saturated carbocycles. The van der Waals surface area contributed by atoms with E-state index in [1.807, 2.05) is 32.0 Å². The standard InChI is InChI=1S/C19H20N2O5/c1-12-6-5-9-14(13(12)2)25-11-18(22)20-21-19(23)17-10-24-15-7-3-4-8-16(15)26-17/h3-9,17H,10-11H2,1-2H3,(H,20,22)(H,21,23)/t17-/m1/s1. The molecule has 2 aromatic rings. The van der Waals surface area contributed by atoms with Crippen LogP contribution in [0.4, 0.5) is 0 Å². The third-order valence-electron chi connectivity index (χ3n) is 4.04. The van der Waals surface area contributed by atoms with Gasteiger partial charge in [-0.05, 0) is 43.2 Å². The van der Waals surface area contributed by atoms with E-state index in [2.05, 4.69) is 10.9 Å². The van der Waals surface area contributed by atoms with E-state index < -0.39 is 17.9 Å². The lowest BCUT2D eigenvalue weighted by Gasteiger charge is -2.25. The fourth-order valence-corrected chi connectivity index (χ4v) is 2.42. The van der Waals surface area contributed by atoms with Gasteiger partial charge in [-0.3, -0.25) is 20.4 Å². The van der Waals surface area contributed by atoms with Crippen LogP contribution in [-0.4, -0.2) is 31.1 Å². The lowest BCUT2D eigenvalue weighted by molar-refractivity contribution is -0.135. The summed E-state index contributed by atoms with van der Waals surface area (Å²) in [7, 11) is 0. The van der Waals surface area contributed by atoms with E-state index in [1.54, 1.807) is 24.3 Å². The van der Waals surface area contributed by atoms with Crippen molar-refractivity contribution in [2.45, 2.75) is 20.0 Å². The minimum Gasteiger partial charge on any atom is -0.485 e. The highest BCUT2D eigenvalue weighted by molar-refractivity contribution is 5.85. The van der Waals surface area contributed by atoms with E-state index in [0.29, 0.717) is 17.2 Å². The van der Waals surface area contributed by atoms with E-state index >= 15 is 0 Å². The topological polar surface area (TPSA) is 85.9 Å². The highest BCUT2D eigenvalue weighted by atomic mass is 16.6. The van der Waals surface area contributed by atoms with E-state index in [1.165, 1.54) is 0 Å². The average molecular weight is 356 g/mol. The first-order chi connectivity index (χ1) is 12.5. The summed E-state index contributed by atoms with van der Waals surface area (Å²) < 4.78 is 16.5. The zero-order valence-electron chi connectivity index (χ0n) is 14.6. The minimum atomic E-state index is -0.842. The van der Waals surface area contributed by atoms with Gasteiger partial charge in [-0.25, -0.2) is 0 Å². The number of hydrogen-bond donors (Lipinski definition) is 2. The Kier molecular flexibility index (Phi) is 5.26. The molecule has 1 heterocycles. The lowest BCUT2D eigenvalue weighted by atomic mass is 10.1. The molecule has 7 nitrogen and oxygen atoms in total. The van der Waals surface area contributed by atoms with E-state index in [-0.39, 0.29) is 13.2 Å². The van der Waals surface area contributed by atoms with Crippen molar-refractivity contribution in [1.29, 1.82) is 0 Å². The quantitative estimate of drug-likeness (QED) is 0.814. The molecule has 2 aromatic carbocycles. The number of carbonyl (C=O) groups excluding carboxylic acids is 2. The Bertz CT molecular complexity index is 821. The maximum atomic E-state index is 12.1. The molecular formula is C19H20N2O5. The number of nitrogens with one attached hydrogen (secondary N) is 2. The van der Waals surface area contributed by atoms with Crippen LogP contribution in [0.1, 0.15) is 11.1 Å². The third-order valence-corrected chi connectivity index (χ3v) is 4.04. The summed E-state index contributed by atoms with van der Waals surface area (Å²) >= 11 is 0. The molecule has 0 saturated heterocycles. The number of aryl methyl sites for hydroxylation is 1. The number of hydrogen-bond acceptors (Lipinski definition) is 5. The Morgan fingerprint density at radius 2 is 1.85 bits per heavy atom. The number of fused-ring (bicyclic) bond motifs is 1. The second kappa shape index (κ2) is 7.77. The number of para-hydroxylation sites is 2. The van der Waals surface area contributed by atoms with Crippen LogP contribution < -0.4 is 25.1 Å². The van der Waals surface area contributed by atoms with E-state index in [0.717, 1.165) is 11.1 Å². The summed E-state index contributed by atoms with van der Waals surface area (Å²) in [4.78, 5) is 24.0. The minimum absolute atomic E-state index is 0.0672. The SMILES string of the molecule is Cc1cccc(OCC(=O)NNC(=O)[C@H]2COc3ccccc3O2)c1C. The molecule has 0 aromatic heterocycles. The summed E-state index contributed by atoms with van der Waals surface area (Å²) in [6, 6.07) is 12.7. The normalized spacial score (nSPS) is 15.1. The Morgan fingerprint density at radius 3 is 2.65 bits per heavy atom. The molecule has 1 aliphatic rings. The molecular weight excluding hydrogens is 336 g/mol. The van der Waals surface area contributed by atoms with Crippen LogP contribution in [-0.2, 0) is 9.59 Å². The Balaban J connectivity index is 1.46. The second-order valence-corrected chi connectivity index (χ2v) is 5.89. The largest absolute Gasteiger partial charge is 0.485 e. The molecule has 1 aliphatic heterocycles. The smallest absolute Gasteiger partial charge is 0.283 e. The van der Waals surface area contributed by atoms with Gasteiger partial charge in [-0.15, -0.1) is 0 Å². The van der Waals surface area contributed by atoms with Gasteiger partial charge in [0.25, 0.3) is 11.8 Å². The van der Waals surface area contributed by atoms with Gasteiger partial charge in [0.05, 0.1) is 0 Å². The van der Waals surface area contributed by atoms with Crippen LogP contribution in [0.5, 0.6) is 17.2 Å². The number of hydrazine groups is 1. The molecule has 7 heteroatoms. The van der Waals surface area contributed by atoms with Crippen molar-refractivity contribution < 1.29 is 23.8 Å². The second-order valence-electron chi connectivity index (χ2n) is 5.89. The fourth-order valence-electron chi connectivity index (χ4n) is 2.42. The number of ether oxygens (including phenoxy) is 3. The maximum Gasteiger partial charge on any atom is 0.283 e. The van der Waals surface area contributed by atoms with Crippen LogP contribution in [0.15, 0.2) is 42.5 Å². The predicted molar refractivity (Wildman–Crippen MR) is 94.0 cm³/mol. The van der Waals surface area contributed by atoms with E-state index in [4.69, 9.17) is 14.2 Å². The lowest BCUT2D eigenvalue weighted by Crippen LogP contribution is -2.51. The first-order valence-corrected chi connectivity index (χ1v) is 8.21. The van der Waals surface area contributed by atoms with Gasteiger partial charge in [-0.1, -0.05) is 24.3 Å². The Hall–Kier alpha value is -3.22. The fraction of sp³-hybridized carbons (Fsp3) is 0.263. The zero-order chi connectivity index (χ0) is 18.5. The number of amides is 2. The highest BCUT2D eigenvalue weighted by Gasteiger charge is 2.27. The highest BCUT2D eigenvalue weighted by Crippen LogP contribution is 2.30. The molecule has 26 heavy (non-hydrogen) atoms. The van der Waals surface area contributed by atoms with Crippen LogP contribution in [0.3, 0.4) is 0 Å². The molecule has 2 amide bonds. The van der Waals surface area contributed by atoms with Gasteiger partial charge in [0.15, 0.2) is 18.1 Å². The Morgan fingerprint density at radius 1 is 1.08 bits per heavy atom. The van der Waals surface area contributed by atoms with Crippen molar-refractivity contribution in [3.05, 3.63) is 53.6 Å². The molecule has 3 rings (SSSR count). The molecule has 2 N–H and O–H groups in total. The van der Waals surface area contributed by atoms with Crippen molar-refractivity contribution in [1.82, 2.24) is 10.9 Å². The molecule has 0 bridgehead atoms. The van der Waals surface area contributed by atoms with Crippen LogP contribution >= 0.6 is 0 Å². The number of carbonyl (C=O) groups is 2. The maximum absolute atomic E-state index is 12.1. The summed E-state index contributed by atoms with van der Waals surface area (Å²) in [6.45, 7) is 3.74.